The molecular formula is C10H15NaO7S. The zero-order valence-corrected chi connectivity index (χ0v) is 10.3. The molecule has 2 atom stereocenters. The van der Waals surface area contributed by atoms with Gasteiger partial charge >= 0.3 is 41.5 Å². The third kappa shape index (κ3) is 4.15. The molecule has 0 radical (unpaired) electrons. The molecule has 0 aromatic carbocycles. The van der Waals surface area contributed by atoms with Crippen LogP contribution in [-0.2, 0) is 19.7 Å². The van der Waals surface area contributed by atoms with Gasteiger partial charge in [0.25, 0.3) is 10.1 Å². The first-order valence-electron chi connectivity index (χ1n) is 4.80. The van der Waals surface area contributed by atoms with Crippen molar-refractivity contribution in [2.24, 2.45) is 5.92 Å². The van der Waals surface area contributed by atoms with E-state index in [-0.39, 0.29) is 29.6 Å². The van der Waals surface area contributed by atoms with Crippen molar-refractivity contribution in [1.29, 1.82) is 0 Å². The third-order valence-electron chi connectivity index (χ3n) is 2.53. The molecule has 2 unspecified atom stereocenters. The molecule has 0 rings (SSSR count). The van der Waals surface area contributed by atoms with E-state index in [0.29, 0.717) is 0 Å². The second kappa shape index (κ2) is 7.81. The third-order valence-corrected chi connectivity index (χ3v) is 4.08. The van der Waals surface area contributed by atoms with E-state index in [1.54, 1.807) is 0 Å². The molecule has 0 aliphatic heterocycles. The second-order valence-electron chi connectivity index (χ2n) is 3.58. The van der Waals surface area contributed by atoms with E-state index in [1.807, 2.05) is 0 Å². The van der Waals surface area contributed by atoms with Crippen LogP contribution in [0.1, 0.15) is 12.8 Å². The molecule has 0 amide bonds. The molecule has 0 fully saturated rings. The van der Waals surface area contributed by atoms with Gasteiger partial charge in [-0.3, -0.25) is 14.1 Å². The summed E-state index contributed by atoms with van der Waals surface area (Å²) < 4.78 is 28.9. The first-order valence-corrected chi connectivity index (χ1v) is 6.24. The molecule has 0 aromatic rings. The van der Waals surface area contributed by atoms with Gasteiger partial charge in [0.1, 0.15) is 0 Å². The standard InChI is InChI=1S/C10H14O7S.Na.H/c1-3-5-7(8(11)12)10(6-4-2,9(13)14)18(15,16)17;;/h3-4,7H,1-2,5-6H2,(H,11,12)(H,13,14)(H,15,16,17);;. The molecule has 104 valence electrons. The Bertz CT molecular complexity index is 470. The quantitative estimate of drug-likeness (QED) is 0.324. The molecule has 3 N–H and O–H groups in total. The molecule has 0 heterocycles. The van der Waals surface area contributed by atoms with E-state index >= 15 is 0 Å². The van der Waals surface area contributed by atoms with Crippen LogP contribution < -0.4 is 0 Å². The summed E-state index contributed by atoms with van der Waals surface area (Å²) in [5.74, 6) is -5.46. The average molecular weight is 302 g/mol. The Kier molecular flexibility index (Phi) is 8.48. The maximum absolute atomic E-state index is 11.3. The van der Waals surface area contributed by atoms with Crippen molar-refractivity contribution in [2.45, 2.75) is 17.6 Å². The van der Waals surface area contributed by atoms with Gasteiger partial charge in [-0.05, 0) is 12.8 Å². The summed E-state index contributed by atoms with van der Waals surface area (Å²) in [5, 5.41) is 18.0. The number of allylic oxidation sites excluding steroid dienone is 2. The predicted octanol–water partition coefficient (Wildman–Crippen LogP) is -0.0979. The summed E-state index contributed by atoms with van der Waals surface area (Å²) in [6, 6.07) is 0. The fourth-order valence-electron chi connectivity index (χ4n) is 1.65. The summed E-state index contributed by atoms with van der Waals surface area (Å²) >= 11 is 0. The summed E-state index contributed by atoms with van der Waals surface area (Å²) in [6.45, 7) is 6.42. The Morgan fingerprint density at radius 3 is 1.89 bits per heavy atom. The maximum atomic E-state index is 11.3. The van der Waals surface area contributed by atoms with Gasteiger partial charge in [0.2, 0.25) is 4.75 Å². The summed E-state index contributed by atoms with van der Waals surface area (Å²) in [7, 11) is -5.15. The van der Waals surface area contributed by atoms with Crippen LogP contribution in [0.15, 0.2) is 25.3 Å². The van der Waals surface area contributed by atoms with Crippen LogP contribution in [0.5, 0.6) is 0 Å². The summed E-state index contributed by atoms with van der Waals surface area (Å²) in [6.07, 6.45) is 0.854. The predicted molar refractivity (Wildman–Crippen MR) is 69.8 cm³/mol. The van der Waals surface area contributed by atoms with E-state index < -0.39 is 45.6 Å². The Hall–Kier alpha value is -0.670. The van der Waals surface area contributed by atoms with Crippen molar-refractivity contribution in [1.82, 2.24) is 0 Å². The molecule has 0 aliphatic carbocycles. The van der Waals surface area contributed by atoms with Crippen LogP contribution in [0, 0.1) is 5.92 Å². The number of carbonyl (C=O) groups is 2. The minimum absolute atomic E-state index is 0. The number of hydrogen-bond acceptors (Lipinski definition) is 4. The molecule has 0 aromatic heterocycles. The van der Waals surface area contributed by atoms with Gasteiger partial charge in [0.15, 0.2) is 0 Å². The van der Waals surface area contributed by atoms with Gasteiger partial charge in [-0.25, -0.2) is 0 Å². The first kappa shape index (κ1) is 20.6. The molecular weight excluding hydrogens is 287 g/mol. The Morgan fingerprint density at radius 1 is 1.21 bits per heavy atom. The summed E-state index contributed by atoms with van der Waals surface area (Å²) in [5.41, 5.74) is 0. The topological polar surface area (TPSA) is 129 Å². The number of hydrogen-bond donors (Lipinski definition) is 3. The van der Waals surface area contributed by atoms with Gasteiger partial charge < -0.3 is 10.2 Å². The Morgan fingerprint density at radius 2 is 1.68 bits per heavy atom. The Balaban J connectivity index is 0. The fraction of sp³-hybridized carbons (Fsp3) is 0.400. The molecule has 0 aliphatic rings. The number of rotatable bonds is 8. The molecule has 19 heavy (non-hydrogen) atoms. The van der Waals surface area contributed by atoms with Crippen molar-refractivity contribution in [3.05, 3.63) is 25.3 Å². The van der Waals surface area contributed by atoms with Crippen molar-refractivity contribution in [3.8, 4) is 0 Å². The Labute approximate surface area is 133 Å². The fourth-order valence-corrected chi connectivity index (χ4v) is 2.75. The summed E-state index contributed by atoms with van der Waals surface area (Å²) in [4.78, 5) is 22.2. The van der Waals surface area contributed by atoms with Crippen LogP contribution in [0.3, 0.4) is 0 Å². The normalized spacial score (nSPS) is 15.4. The SMILES string of the molecule is C=CCC(C(=O)O)C(CC=C)(C(=O)O)S(=O)(=O)O.[NaH]. The molecule has 0 bridgehead atoms. The van der Waals surface area contributed by atoms with Crippen LogP contribution >= 0.6 is 0 Å². The van der Waals surface area contributed by atoms with Gasteiger partial charge in [0, 0.05) is 0 Å². The van der Waals surface area contributed by atoms with Gasteiger partial charge in [-0.1, -0.05) is 12.2 Å². The number of carboxylic acid groups (broad SMARTS) is 2. The van der Waals surface area contributed by atoms with Crippen LogP contribution in [-0.4, -0.2) is 69.4 Å². The van der Waals surface area contributed by atoms with Gasteiger partial charge in [-0.2, -0.15) is 8.42 Å². The number of carboxylic acids is 2. The van der Waals surface area contributed by atoms with Crippen molar-refractivity contribution in [3.63, 3.8) is 0 Å². The van der Waals surface area contributed by atoms with E-state index in [9.17, 15) is 18.0 Å². The van der Waals surface area contributed by atoms with Crippen LogP contribution in [0.25, 0.3) is 0 Å². The monoisotopic (exact) mass is 302 g/mol. The van der Waals surface area contributed by atoms with Crippen molar-refractivity contribution >= 4 is 51.6 Å². The van der Waals surface area contributed by atoms with Crippen LogP contribution in [0.2, 0.25) is 0 Å². The molecule has 0 saturated heterocycles. The van der Waals surface area contributed by atoms with Gasteiger partial charge in [0.05, 0.1) is 5.92 Å². The van der Waals surface area contributed by atoms with Crippen LogP contribution in [0.4, 0.5) is 0 Å². The van der Waals surface area contributed by atoms with E-state index in [1.165, 1.54) is 0 Å². The van der Waals surface area contributed by atoms with Crippen molar-refractivity contribution in [2.75, 3.05) is 0 Å². The molecule has 0 spiro atoms. The molecule has 7 nitrogen and oxygen atoms in total. The van der Waals surface area contributed by atoms with E-state index in [2.05, 4.69) is 13.2 Å². The minimum atomic E-state index is -5.15. The van der Waals surface area contributed by atoms with E-state index in [4.69, 9.17) is 14.8 Å². The van der Waals surface area contributed by atoms with Gasteiger partial charge in [-0.15, -0.1) is 13.2 Å². The average Bonchev–Trinajstić information content (AvgIpc) is 2.20. The zero-order valence-electron chi connectivity index (χ0n) is 9.44. The van der Waals surface area contributed by atoms with E-state index in [0.717, 1.165) is 12.2 Å². The van der Waals surface area contributed by atoms with Crippen molar-refractivity contribution < 1.29 is 32.8 Å². The first-order chi connectivity index (χ1) is 8.15. The molecule has 0 saturated carbocycles. The zero-order chi connectivity index (χ0) is 14.6. The number of aliphatic carboxylic acids is 2. The molecule has 9 heteroatoms. The second-order valence-corrected chi connectivity index (χ2v) is 5.26.